The molecule has 2 heterocycles. The first-order chi connectivity index (χ1) is 13.3. The van der Waals surface area contributed by atoms with Crippen LogP contribution in [0, 0.1) is 11.3 Å². The van der Waals surface area contributed by atoms with Crippen molar-refractivity contribution in [1.29, 1.82) is 0 Å². The Bertz CT molecular complexity index is 738. The average Bonchev–Trinajstić information content (AvgIpc) is 2.66. The Kier molecular flexibility index (Phi) is 8.34. The number of thioether (sulfide) groups is 1. The molecule has 4 N–H and O–H groups in total. The SMILES string of the molecule is C=N/C(=C\N=C(/C)Sc1ccnc(N)c1Cl)N1CCC(CN)(CC(C)C)CC1. The number of hydrogen-bond donors (Lipinski definition) is 2. The third kappa shape index (κ3) is 5.96. The molecule has 0 unspecified atom stereocenters. The maximum atomic E-state index is 6.20. The van der Waals surface area contributed by atoms with Crippen LogP contribution < -0.4 is 11.5 Å². The zero-order valence-corrected chi connectivity index (χ0v) is 18.6. The summed E-state index contributed by atoms with van der Waals surface area (Å²) in [5.74, 6) is 1.76. The lowest BCUT2D eigenvalue weighted by Crippen LogP contribution is -2.44. The molecule has 0 bridgehead atoms. The van der Waals surface area contributed by atoms with Crippen LogP contribution in [-0.4, -0.2) is 41.3 Å². The van der Waals surface area contributed by atoms with Gasteiger partial charge in [-0.3, -0.25) is 4.99 Å². The van der Waals surface area contributed by atoms with Gasteiger partial charge in [-0.1, -0.05) is 37.2 Å². The number of pyridine rings is 1. The highest BCUT2D eigenvalue weighted by Crippen LogP contribution is 2.37. The Morgan fingerprint density at radius 3 is 2.71 bits per heavy atom. The zero-order valence-electron chi connectivity index (χ0n) is 17.0. The summed E-state index contributed by atoms with van der Waals surface area (Å²) in [7, 11) is 0. The van der Waals surface area contributed by atoms with Crippen LogP contribution in [0.4, 0.5) is 5.82 Å². The minimum absolute atomic E-state index is 0.240. The number of piperidine rings is 1. The Labute approximate surface area is 177 Å². The fraction of sp³-hybridized carbons (Fsp3) is 0.550. The Morgan fingerprint density at radius 1 is 1.46 bits per heavy atom. The fourth-order valence-electron chi connectivity index (χ4n) is 3.64. The molecule has 1 aliphatic rings. The van der Waals surface area contributed by atoms with Crippen molar-refractivity contribution in [2.45, 2.75) is 44.9 Å². The van der Waals surface area contributed by atoms with Crippen molar-refractivity contribution in [2.24, 2.45) is 27.1 Å². The van der Waals surface area contributed by atoms with Gasteiger partial charge in [-0.2, -0.15) is 0 Å². The second kappa shape index (κ2) is 10.3. The lowest BCUT2D eigenvalue weighted by Gasteiger charge is -2.43. The van der Waals surface area contributed by atoms with Gasteiger partial charge in [-0.25, -0.2) is 9.98 Å². The minimum Gasteiger partial charge on any atom is -0.382 e. The molecule has 1 fully saturated rings. The normalized spacial score (nSPS) is 17.9. The molecule has 2 rings (SSSR count). The van der Waals surface area contributed by atoms with Gasteiger partial charge in [0, 0.05) is 24.2 Å². The molecule has 0 amide bonds. The van der Waals surface area contributed by atoms with E-state index < -0.39 is 0 Å². The van der Waals surface area contributed by atoms with Crippen LogP contribution in [0.3, 0.4) is 0 Å². The molecule has 0 radical (unpaired) electrons. The number of anilines is 1. The van der Waals surface area contributed by atoms with Gasteiger partial charge in [0.05, 0.1) is 16.3 Å². The standard InChI is InChI=1S/C20H31ClN6S/c1-14(2)11-20(13-22)6-9-27(10-7-20)17(24-4)12-26-15(3)28-16-5-8-25-19(23)18(16)21/h5,8,12,14H,4,6-7,9-11,13,22H2,1-3H3,(H2,23,25)/b17-12+,26-15+. The van der Waals surface area contributed by atoms with Gasteiger partial charge in [0.2, 0.25) is 0 Å². The molecule has 0 saturated carbocycles. The van der Waals surface area contributed by atoms with Crippen LogP contribution >= 0.6 is 23.4 Å². The van der Waals surface area contributed by atoms with Gasteiger partial charge in [0.1, 0.15) is 11.6 Å². The van der Waals surface area contributed by atoms with Gasteiger partial charge < -0.3 is 16.4 Å². The van der Waals surface area contributed by atoms with Crippen LogP contribution in [0.1, 0.15) is 40.0 Å². The van der Waals surface area contributed by atoms with Crippen molar-refractivity contribution < 1.29 is 0 Å². The van der Waals surface area contributed by atoms with E-state index in [1.165, 1.54) is 18.2 Å². The van der Waals surface area contributed by atoms with E-state index in [0.717, 1.165) is 48.2 Å². The van der Waals surface area contributed by atoms with Gasteiger partial charge in [0.25, 0.3) is 0 Å². The quantitative estimate of drug-likeness (QED) is 0.385. The number of hydrogen-bond acceptors (Lipinski definition) is 7. The summed E-state index contributed by atoms with van der Waals surface area (Å²) < 4.78 is 0. The molecule has 6 nitrogen and oxygen atoms in total. The predicted molar refractivity (Wildman–Crippen MR) is 122 cm³/mol. The van der Waals surface area contributed by atoms with Crippen LogP contribution in [0.5, 0.6) is 0 Å². The summed E-state index contributed by atoms with van der Waals surface area (Å²) in [6.07, 6.45) is 6.71. The van der Waals surface area contributed by atoms with E-state index >= 15 is 0 Å². The van der Waals surface area contributed by atoms with E-state index in [0.29, 0.717) is 16.8 Å². The summed E-state index contributed by atoms with van der Waals surface area (Å²) in [6, 6.07) is 1.82. The van der Waals surface area contributed by atoms with Crippen molar-refractivity contribution in [3.63, 3.8) is 0 Å². The van der Waals surface area contributed by atoms with E-state index in [-0.39, 0.29) is 5.41 Å². The molecular weight excluding hydrogens is 392 g/mol. The number of nitrogen functional groups attached to an aromatic ring is 1. The molecule has 0 aromatic carbocycles. The highest BCUT2D eigenvalue weighted by Gasteiger charge is 2.34. The number of nitrogens with two attached hydrogens (primary N) is 2. The first-order valence-electron chi connectivity index (χ1n) is 9.54. The molecule has 1 aliphatic heterocycles. The Hall–Kier alpha value is -1.57. The first kappa shape index (κ1) is 22.7. The zero-order chi connectivity index (χ0) is 20.7. The molecule has 154 valence electrons. The van der Waals surface area contributed by atoms with Crippen molar-refractivity contribution in [3.8, 4) is 0 Å². The fourth-order valence-corrected chi connectivity index (χ4v) is 4.62. The topological polar surface area (TPSA) is 92.9 Å². The maximum absolute atomic E-state index is 6.20. The van der Waals surface area contributed by atoms with E-state index in [1.54, 1.807) is 12.4 Å². The lowest BCUT2D eigenvalue weighted by molar-refractivity contribution is 0.109. The minimum atomic E-state index is 0.240. The molecule has 28 heavy (non-hydrogen) atoms. The molecule has 1 saturated heterocycles. The van der Waals surface area contributed by atoms with E-state index in [4.69, 9.17) is 23.1 Å². The van der Waals surface area contributed by atoms with Gasteiger partial charge >= 0.3 is 0 Å². The molecular formula is C20H31ClN6S. The summed E-state index contributed by atoms with van der Waals surface area (Å²) in [5.41, 5.74) is 12.1. The van der Waals surface area contributed by atoms with Crippen LogP contribution in [-0.2, 0) is 0 Å². The van der Waals surface area contributed by atoms with Crippen molar-refractivity contribution in [3.05, 3.63) is 29.3 Å². The second-order valence-corrected chi connectivity index (χ2v) is 9.31. The Morgan fingerprint density at radius 2 is 2.14 bits per heavy atom. The molecule has 0 aliphatic carbocycles. The monoisotopic (exact) mass is 422 g/mol. The summed E-state index contributed by atoms with van der Waals surface area (Å²) >= 11 is 7.65. The number of rotatable bonds is 7. The van der Waals surface area contributed by atoms with Crippen molar-refractivity contribution in [1.82, 2.24) is 9.88 Å². The van der Waals surface area contributed by atoms with Crippen molar-refractivity contribution >= 4 is 40.9 Å². The van der Waals surface area contributed by atoms with E-state index in [1.807, 2.05) is 13.0 Å². The molecule has 8 heteroatoms. The second-order valence-electron chi connectivity index (χ2n) is 7.69. The highest BCUT2D eigenvalue weighted by molar-refractivity contribution is 8.14. The summed E-state index contributed by atoms with van der Waals surface area (Å²) in [5, 5.41) is 1.29. The third-order valence-electron chi connectivity index (χ3n) is 5.08. The molecule has 1 aromatic rings. The smallest absolute Gasteiger partial charge is 0.146 e. The van der Waals surface area contributed by atoms with Crippen LogP contribution in [0.25, 0.3) is 0 Å². The van der Waals surface area contributed by atoms with Crippen LogP contribution in [0.2, 0.25) is 5.02 Å². The van der Waals surface area contributed by atoms with Crippen molar-refractivity contribution in [2.75, 3.05) is 25.4 Å². The predicted octanol–water partition coefficient (Wildman–Crippen LogP) is 4.41. The van der Waals surface area contributed by atoms with Gasteiger partial charge in [0.15, 0.2) is 0 Å². The molecule has 1 aromatic heterocycles. The highest BCUT2D eigenvalue weighted by atomic mass is 35.5. The number of nitrogens with zero attached hydrogens (tertiary/aromatic N) is 4. The molecule has 0 spiro atoms. The number of aliphatic imine (C=N–C) groups is 2. The largest absolute Gasteiger partial charge is 0.382 e. The summed E-state index contributed by atoms with van der Waals surface area (Å²) in [4.78, 5) is 15.8. The van der Waals surface area contributed by atoms with E-state index in [9.17, 15) is 0 Å². The number of aromatic nitrogens is 1. The summed E-state index contributed by atoms with van der Waals surface area (Å²) in [6.45, 7) is 12.7. The number of likely N-dealkylation sites (tertiary alicyclic amines) is 1. The first-order valence-corrected chi connectivity index (χ1v) is 10.7. The van der Waals surface area contributed by atoms with Gasteiger partial charge in [-0.15, -0.1) is 0 Å². The third-order valence-corrected chi connectivity index (χ3v) is 6.55. The van der Waals surface area contributed by atoms with Gasteiger partial charge in [-0.05, 0) is 56.8 Å². The Balaban J connectivity index is 2.04. The number of halogens is 1. The average molecular weight is 423 g/mol. The maximum Gasteiger partial charge on any atom is 0.146 e. The molecule has 0 atom stereocenters. The lowest BCUT2D eigenvalue weighted by atomic mass is 9.73. The van der Waals surface area contributed by atoms with Crippen LogP contribution in [0.15, 0.2) is 39.2 Å². The van der Waals surface area contributed by atoms with E-state index in [2.05, 4.69) is 40.4 Å².